The van der Waals surface area contributed by atoms with Crippen LogP contribution in [0, 0.1) is 0 Å². The summed E-state index contributed by atoms with van der Waals surface area (Å²) in [6, 6.07) is 0. The number of carboxylic acids is 1. The van der Waals surface area contributed by atoms with Crippen LogP contribution in [0.15, 0.2) is 0 Å². The van der Waals surface area contributed by atoms with Crippen molar-refractivity contribution in [1.82, 2.24) is 0 Å². The third kappa shape index (κ3) is 12.0. The Morgan fingerprint density at radius 1 is 0.857 bits per heavy atom. The molecule has 0 heterocycles. The second-order valence-electron chi connectivity index (χ2n) is 3.76. The van der Waals surface area contributed by atoms with Gasteiger partial charge in [-0.1, -0.05) is 0 Å². The van der Waals surface area contributed by atoms with Gasteiger partial charge < -0.3 is 0 Å². The fraction of sp³-hybridized carbons (Fsp3) is 0.909. The van der Waals surface area contributed by atoms with Crippen LogP contribution in [0.1, 0.15) is 57.8 Å². The molecule has 2 nitrogen and oxygen atoms in total. The second kappa shape index (κ2) is 11.1. The van der Waals surface area contributed by atoms with Crippen LogP contribution < -0.4 is 0 Å². The molecule has 0 aliphatic heterocycles. The Bertz CT molecular complexity index is 137. The predicted octanol–water partition coefficient (Wildman–Crippen LogP) is 2.63. The molecule has 1 N–H and O–H groups in total. The van der Waals surface area contributed by atoms with Crippen molar-refractivity contribution in [3.8, 4) is 0 Å². The van der Waals surface area contributed by atoms with Crippen molar-refractivity contribution < 1.29 is 9.90 Å². The van der Waals surface area contributed by atoms with Gasteiger partial charge in [0.05, 0.1) is 0 Å². The van der Waals surface area contributed by atoms with Crippen LogP contribution in [-0.2, 0) is 4.79 Å². The molecule has 3 heteroatoms. The summed E-state index contributed by atoms with van der Waals surface area (Å²) in [6.45, 7) is 0. The first-order chi connectivity index (χ1) is 6.77. The molecule has 0 aromatic carbocycles. The van der Waals surface area contributed by atoms with Crippen LogP contribution in [0.4, 0.5) is 0 Å². The first-order valence-corrected chi connectivity index (χ1v) is 7.40. The molecule has 0 spiro atoms. The molecule has 0 bridgehead atoms. The number of aliphatic carboxylic acids is 1. The van der Waals surface area contributed by atoms with Crippen molar-refractivity contribution in [3.05, 3.63) is 0 Å². The van der Waals surface area contributed by atoms with Gasteiger partial charge in [0.15, 0.2) is 0 Å². The summed E-state index contributed by atoms with van der Waals surface area (Å²) in [5, 5.41) is 9.78. The summed E-state index contributed by atoms with van der Waals surface area (Å²) in [4.78, 5) is 10.2. The van der Waals surface area contributed by atoms with Gasteiger partial charge in [0.25, 0.3) is 0 Å². The van der Waals surface area contributed by atoms with Crippen LogP contribution >= 0.6 is 0 Å². The molecule has 1 atom stereocenters. The predicted molar refractivity (Wildman–Crippen MR) is 62.5 cm³/mol. The summed E-state index contributed by atoms with van der Waals surface area (Å²) >= 11 is 1.83. The van der Waals surface area contributed by atoms with Crippen molar-refractivity contribution in [1.29, 1.82) is 0 Å². The van der Waals surface area contributed by atoms with E-state index in [0.29, 0.717) is 6.42 Å². The maximum absolute atomic E-state index is 10.2. The van der Waals surface area contributed by atoms with Crippen LogP contribution in [0.3, 0.4) is 0 Å². The first-order valence-electron chi connectivity index (χ1n) is 5.69. The summed E-state index contributed by atoms with van der Waals surface area (Å²) in [6.07, 6.45) is 10.3. The molecule has 0 radical (unpaired) electrons. The van der Waals surface area contributed by atoms with E-state index in [2.05, 4.69) is 0 Å². The minimum atomic E-state index is -0.658. The number of rotatable bonds is 10. The third-order valence-corrected chi connectivity index (χ3v) is 3.20. The van der Waals surface area contributed by atoms with Crippen LogP contribution in [-0.4, -0.2) is 27.9 Å². The molecule has 0 fully saturated rings. The van der Waals surface area contributed by atoms with Crippen molar-refractivity contribution >= 4 is 22.8 Å². The number of unbranched alkanes of at least 4 members (excludes halogenated alkanes) is 7. The molecule has 0 aliphatic rings. The Morgan fingerprint density at radius 2 is 1.29 bits per heavy atom. The van der Waals surface area contributed by atoms with Gasteiger partial charge in [0.2, 0.25) is 0 Å². The minimum absolute atomic E-state index is 0.345. The maximum atomic E-state index is 10.2. The monoisotopic (exact) mass is 262 g/mol. The van der Waals surface area contributed by atoms with Gasteiger partial charge in [-0.3, -0.25) is 0 Å². The zero-order chi connectivity index (χ0) is 10.6. The van der Waals surface area contributed by atoms with E-state index in [1.165, 1.54) is 43.7 Å². The second-order valence-corrected chi connectivity index (χ2v) is 4.97. The molecule has 0 aromatic rings. The topological polar surface area (TPSA) is 37.3 Å². The summed E-state index contributed by atoms with van der Waals surface area (Å²) in [7, 11) is 0. The molecule has 0 amide bonds. The molecule has 0 rings (SSSR count). The molecule has 0 saturated carbocycles. The quantitative estimate of drug-likeness (QED) is 0.485. The van der Waals surface area contributed by atoms with E-state index >= 15 is 0 Å². The van der Waals surface area contributed by atoms with Crippen molar-refractivity contribution in [3.63, 3.8) is 0 Å². The number of hydrogen-bond donors (Lipinski definition) is 1. The molecular weight excluding hydrogens is 239 g/mol. The number of carbonyl (C=O) groups is 1. The average molecular weight is 262 g/mol. The molecular formula is C11H23AsO2. The number of hydrogen-bond acceptors (Lipinski definition) is 1. The molecule has 84 valence electrons. The van der Waals surface area contributed by atoms with Crippen molar-refractivity contribution in [2.45, 2.75) is 63.0 Å². The fourth-order valence-electron chi connectivity index (χ4n) is 1.48. The molecule has 0 aliphatic carbocycles. The van der Waals surface area contributed by atoms with E-state index in [1.807, 2.05) is 16.9 Å². The van der Waals surface area contributed by atoms with Gasteiger partial charge in [-0.05, 0) is 0 Å². The van der Waals surface area contributed by atoms with E-state index in [1.54, 1.807) is 0 Å². The standard InChI is InChI=1S/C11H23AsO2/c12-10-8-6-4-2-1-3-5-7-9-11(13)14/h1-10,12H2,(H,13,14). The van der Waals surface area contributed by atoms with Gasteiger partial charge in [-0.2, -0.15) is 0 Å². The molecule has 1 unspecified atom stereocenters. The number of carboxylic acid groups (broad SMARTS) is 1. The van der Waals surface area contributed by atoms with Gasteiger partial charge in [-0.15, -0.1) is 0 Å². The van der Waals surface area contributed by atoms with Gasteiger partial charge in [0, 0.05) is 0 Å². The Kier molecular flexibility index (Phi) is 11.1. The molecule has 14 heavy (non-hydrogen) atoms. The van der Waals surface area contributed by atoms with Crippen LogP contribution in [0.25, 0.3) is 0 Å². The van der Waals surface area contributed by atoms with E-state index in [-0.39, 0.29) is 0 Å². The summed E-state index contributed by atoms with van der Waals surface area (Å²) in [5.41, 5.74) is 0. The Hall–Kier alpha value is 0.0284. The molecule has 0 saturated heterocycles. The van der Waals surface area contributed by atoms with E-state index < -0.39 is 5.97 Å². The van der Waals surface area contributed by atoms with Crippen LogP contribution in [0.2, 0.25) is 5.21 Å². The zero-order valence-corrected chi connectivity index (χ0v) is 11.4. The third-order valence-electron chi connectivity index (χ3n) is 2.34. The summed E-state index contributed by atoms with van der Waals surface area (Å²) in [5.74, 6) is -0.658. The zero-order valence-electron chi connectivity index (χ0n) is 9.00. The van der Waals surface area contributed by atoms with Gasteiger partial charge in [-0.25, -0.2) is 0 Å². The first kappa shape index (κ1) is 14.0. The molecule has 0 aromatic heterocycles. The van der Waals surface area contributed by atoms with Crippen LogP contribution in [0.5, 0.6) is 0 Å². The Balaban J connectivity index is 2.88. The Morgan fingerprint density at radius 3 is 1.71 bits per heavy atom. The normalized spacial score (nSPS) is 10.4. The van der Waals surface area contributed by atoms with E-state index in [0.717, 1.165) is 12.8 Å². The average Bonchev–Trinajstić information content (AvgIpc) is 2.15. The van der Waals surface area contributed by atoms with Gasteiger partial charge >= 0.3 is 95.7 Å². The van der Waals surface area contributed by atoms with Crippen molar-refractivity contribution in [2.75, 3.05) is 0 Å². The summed E-state index contributed by atoms with van der Waals surface area (Å²) < 4.78 is 0. The van der Waals surface area contributed by atoms with E-state index in [9.17, 15) is 4.79 Å². The van der Waals surface area contributed by atoms with Gasteiger partial charge in [0.1, 0.15) is 0 Å². The SMILES string of the molecule is O=C(O)CCCCCCCCCC[AsH2]. The van der Waals surface area contributed by atoms with E-state index in [4.69, 9.17) is 5.11 Å². The fourth-order valence-corrected chi connectivity index (χ4v) is 2.09. The van der Waals surface area contributed by atoms with Crippen molar-refractivity contribution in [2.24, 2.45) is 0 Å². The Labute approximate surface area is 96.0 Å².